The van der Waals surface area contributed by atoms with E-state index in [-0.39, 0.29) is 5.95 Å². The first kappa shape index (κ1) is 11.2. The largest absolute Gasteiger partial charge is 0.378 e. The van der Waals surface area contributed by atoms with Crippen LogP contribution in [-0.2, 0) is 6.54 Å². The van der Waals surface area contributed by atoms with E-state index < -0.39 is 0 Å². The summed E-state index contributed by atoms with van der Waals surface area (Å²) in [6.45, 7) is 0.614. The van der Waals surface area contributed by atoms with E-state index in [2.05, 4.69) is 38.0 Å². The molecule has 2 aromatic rings. The molecule has 0 atom stereocenters. The zero-order chi connectivity index (χ0) is 12.3. The molecule has 0 aliphatic heterocycles. The number of nitrogens with two attached hydrogens (primary N) is 1. The molecule has 1 aromatic heterocycles. The third kappa shape index (κ3) is 2.63. The zero-order valence-electron chi connectivity index (χ0n) is 9.83. The summed E-state index contributed by atoms with van der Waals surface area (Å²) in [4.78, 5) is 3.40. The summed E-state index contributed by atoms with van der Waals surface area (Å²) in [6.07, 6.45) is 0. The summed E-state index contributed by atoms with van der Waals surface area (Å²) in [7, 11) is 4.02. The maximum absolute atomic E-state index is 5.53. The van der Waals surface area contributed by atoms with Gasteiger partial charge in [0.1, 0.15) is 0 Å². The van der Waals surface area contributed by atoms with Crippen LogP contribution in [0.5, 0.6) is 0 Å². The minimum absolute atomic E-state index is 0.245. The number of benzene rings is 1. The third-order valence-electron chi connectivity index (χ3n) is 2.38. The fourth-order valence-electron chi connectivity index (χ4n) is 1.38. The lowest BCUT2D eigenvalue weighted by Gasteiger charge is -2.13. The first-order valence-corrected chi connectivity index (χ1v) is 5.21. The van der Waals surface area contributed by atoms with Gasteiger partial charge in [0.25, 0.3) is 5.95 Å². The highest BCUT2D eigenvalue weighted by Crippen LogP contribution is 2.12. The molecule has 3 N–H and O–H groups in total. The van der Waals surface area contributed by atoms with Gasteiger partial charge in [-0.1, -0.05) is 17.2 Å². The number of nitrogens with one attached hydrogen (secondary N) is 1. The van der Waals surface area contributed by atoms with Crippen LogP contribution in [0.2, 0.25) is 0 Å². The predicted molar refractivity (Wildman–Crippen MR) is 66.1 cm³/mol. The first-order chi connectivity index (χ1) is 8.16. The van der Waals surface area contributed by atoms with Gasteiger partial charge < -0.3 is 16.1 Å². The Morgan fingerprint density at radius 2 is 2.00 bits per heavy atom. The Kier molecular flexibility index (Phi) is 3.08. The molecule has 7 nitrogen and oxygen atoms in total. The molecule has 0 aliphatic carbocycles. The van der Waals surface area contributed by atoms with Crippen molar-refractivity contribution in [1.29, 1.82) is 0 Å². The SMILES string of the molecule is CN(C)c1ccc(CNn2nnnc2N)cc1. The number of anilines is 2. The summed E-state index contributed by atoms with van der Waals surface area (Å²) in [5, 5.41) is 10.7. The fraction of sp³-hybridized carbons (Fsp3) is 0.300. The van der Waals surface area contributed by atoms with Crippen molar-refractivity contribution in [3.8, 4) is 0 Å². The Balaban J connectivity index is 1.98. The number of hydrogen-bond donors (Lipinski definition) is 2. The van der Waals surface area contributed by atoms with Crippen LogP contribution in [0.3, 0.4) is 0 Å². The van der Waals surface area contributed by atoms with E-state index in [1.165, 1.54) is 4.79 Å². The molecule has 0 aliphatic rings. The molecule has 0 unspecified atom stereocenters. The van der Waals surface area contributed by atoms with Crippen LogP contribution in [-0.4, -0.2) is 34.4 Å². The van der Waals surface area contributed by atoms with Crippen molar-refractivity contribution in [2.75, 3.05) is 30.2 Å². The van der Waals surface area contributed by atoms with Crippen molar-refractivity contribution in [3.05, 3.63) is 29.8 Å². The van der Waals surface area contributed by atoms with Gasteiger partial charge in [-0.05, 0) is 28.1 Å². The van der Waals surface area contributed by atoms with Gasteiger partial charge in [0.15, 0.2) is 0 Å². The van der Waals surface area contributed by atoms with Crippen LogP contribution in [0, 0.1) is 0 Å². The quantitative estimate of drug-likeness (QED) is 0.777. The smallest absolute Gasteiger partial charge is 0.260 e. The fourth-order valence-corrected chi connectivity index (χ4v) is 1.38. The van der Waals surface area contributed by atoms with Crippen molar-refractivity contribution in [1.82, 2.24) is 20.3 Å². The predicted octanol–water partition coefficient (Wildman–Crippen LogP) is 0.0650. The number of rotatable bonds is 4. The number of hydrogen-bond acceptors (Lipinski definition) is 6. The molecule has 17 heavy (non-hydrogen) atoms. The molecule has 0 saturated heterocycles. The Bertz CT molecular complexity index is 474. The first-order valence-electron chi connectivity index (χ1n) is 5.21. The van der Waals surface area contributed by atoms with Crippen LogP contribution in [0.4, 0.5) is 11.6 Å². The molecule has 0 fully saturated rings. The van der Waals surface area contributed by atoms with Crippen molar-refractivity contribution in [2.24, 2.45) is 0 Å². The molecular formula is C10H15N7. The Morgan fingerprint density at radius 1 is 1.29 bits per heavy atom. The van der Waals surface area contributed by atoms with Crippen LogP contribution < -0.4 is 16.1 Å². The molecule has 0 bridgehead atoms. The molecule has 7 heteroatoms. The summed E-state index contributed by atoms with van der Waals surface area (Å²) in [6, 6.07) is 8.20. The van der Waals surface area contributed by atoms with E-state index in [0.29, 0.717) is 6.54 Å². The van der Waals surface area contributed by atoms with Gasteiger partial charge >= 0.3 is 0 Å². The molecule has 0 amide bonds. The number of nitrogen functional groups attached to an aromatic ring is 1. The van der Waals surface area contributed by atoms with Gasteiger partial charge in [-0.15, -0.1) is 4.79 Å². The highest BCUT2D eigenvalue weighted by atomic mass is 15.7. The van der Waals surface area contributed by atoms with Crippen molar-refractivity contribution in [2.45, 2.75) is 6.54 Å². The lowest BCUT2D eigenvalue weighted by Crippen LogP contribution is -2.18. The monoisotopic (exact) mass is 233 g/mol. The molecule has 90 valence electrons. The lowest BCUT2D eigenvalue weighted by atomic mass is 10.2. The second-order valence-electron chi connectivity index (χ2n) is 3.84. The Labute approximate surface area is 99.2 Å². The molecular weight excluding hydrogens is 218 g/mol. The Morgan fingerprint density at radius 3 is 2.53 bits per heavy atom. The van der Waals surface area contributed by atoms with Gasteiger partial charge in [0.2, 0.25) is 0 Å². The number of nitrogens with zero attached hydrogens (tertiary/aromatic N) is 5. The number of aromatic nitrogens is 4. The van der Waals surface area contributed by atoms with E-state index in [1.54, 1.807) is 0 Å². The maximum atomic E-state index is 5.53. The van der Waals surface area contributed by atoms with Crippen LogP contribution in [0.15, 0.2) is 24.3 Å². The second-order valence-corrected chi connectivity index (χ2v) is 3.84. The molecule has 1 heterocycles. The maximum Gasteiger partial charge on any atom is 0.260 e. The van der Waals surface area contributed by atoms with E-state index in [9.17, 15) is 0 Å². The zero-order valence-corrected chi connectivity index (χ0v) is 9.83. The number of tetrazole rings is 1. The molecule has 0 saturated carbocycles. The van der Waals surface area contributed by atoms with E-state index in [1.807, 2.05) is 26.2 Å². The third-order valence-corrected chi connectivity index (χ3v) is 2.38. The summed E-state index contributed by atoms with van der Waals surface area (Å²) in [5.41, 5.74) is 10.8. The topological polar surface area (TPSA) is 84.9 Å². The standard InChI is InChI=1S/C10H15N7/c1-16(2)9-5-3-8(4-6-9)7-12-17-10(11)13-14-15-17/h3-6,12H,7H2,1-2H3,(H2,11,13,15). The van der Waals surface area contributed by atoms with E-state index in [4.69, 9.17) is 5.73 Å². The minimum atomic E-state index is 0.245. The van der Waals surface area contributed by atoms with E-state index in [0.717, 1.165) is 11.3 Å². The van der Waals surface area contributed by atoms with Gasteiger partial charge in [-0.25, -0.2) is 0 Å². The molecule has 0 spiro atoms. The second kappa shape index (κ2) is 4.69. The summed E-state index contributed by atoms with van der Waals surface area (Å²) in [5.74, 6) is 0.245. The van der Waals surface area contributed by atoms with Crippen molar-refractivity contribution < 1.29 is 0 Å². The van der Waals surface area contributed by atoms with Crippen molar-refractivity contribution >= 4 is 11.6 Å². The van der Waals surface area contributed by atoms with E-state index >= 15 is 0 Å². The molecule has 0 radical (unpaired) electrons. The normalized spacial score (nSPS) is 10.2. The van der Waals surface area contributed by atoms with Gasteiger partial charge in [0.05, 0.1) is 6.54 Å². The Hall–Kier alpha value is -2.31. The molecule has 2 rings (SSSR count). The lowest BCUT2D eigenvalue weighted by molar-refractivity contribution is 0.693. The minimum Gasteiger partial charge on any atom is -0.378 e. The van der Waals surface area contributed by atoms with Crippen molar-refractivity contribution in [3.63, 3.8) is 0 Å². The van der Waals surface area contributed by atoms with Crippen LogP contribution in [0.25, 0.3) is 0 Å². The van der Waals surface area contributed by atoms with Crippen LogP contribution in [0.1, 0.15) is 5.56 Å². The van der Waals surface area contributed by atoms with Crippen LogP contribution >= 0.6 is 0 Å². The average molecular weight is 233 g/mol. The van der Waals surface area contributed by atoms with Gasteiger partial charge in [0, 0.05) is 19.8 Å². The highest BCUT2D eigenvalue weighted by Gasteiger charge is 2.00. The highest BCUT2D eigenvalue weighted by molar-refractivity contribution is 5.46. The van der Waals surface area contributed by atoms with Gasteiger partial charge in [-0.3, -0.25) is 0 Å². The molecule has 1 aromatic carbocycles. The van der Waals surface area contributed by atoms with Gasteiger partial charge in [-0.2, -0.15) is 0 Å². The summed E-state index contributed by atoms with van der Waals surface area (Å²) < 4.78 is 0. The summed E-state index contributed by atoms with van der Waals surface area (Å²) >= 11 is 0. The average Bonchev–Trinajstić information content (AvgIpc) is 2.73.